The Balaban J connectivity index is 1.85. The first-order valence-corrected chi connectivity index (χ1v) is 10.8. The SMILES string of the molecule is Cc1cc(C(=O)Nc2cc(-c3cccs3)ccc2N)ccc1N(C)P(=O)(O)O. The van der Waals surface area contributed by atoms with Crippen LogP contribution in [-0.4, -0.2) is 22.7 Å². The monoisotopic (exact) mass is 417 g/mol. The predicted molar refractivity (Wildman–Crippen MR) is 114 cm³/mol. The van der Waals surface area contributed by atoms with Crippen molar-refractivity contribution >= 4 is 42.1 Å². The Kier molecular flexibility index (Phi) is 5.58. The lowest BCUT2D eigenvalue weighted by Gasteiger charge is -2.22. The van der Waals surface area contributed by atoms with Crippen molar-refractivity contribution < 1.29 is 19.1 Å². The zero-order valence-electron chi connectivity index (χ0n) is 15.3. The highest BCUT2D eigenvalue weighted by Gasteiger charge is 2.23. The molecule has 1 aromatic heterocycles. The number of anilines is 3. The maximum Gasteiger partial charge on any atom is 0.429 e. The van der Waals surface area contributed by atoms with Crippen LogP contribution >= 0.6 is 19.1 Å². The van der Waals surface area contributed by atoms with Crippen LogP contribution in [0.3, 0.4) is 0 Å². The van der Waals surface area contributed by atoms with Crippen LogP contribution in [0.1, 0.15) is 15.9 Å². The van der Waals surface area contributed by atoms with Gasteiger partial charge in [-0.05, 0) is 59.8 Å². The molecule has 1 amide bonds. The van der Waals surface area contributed by atoms with Gasteiger partial charge in [0.2, 0.25) is 0 Å². The average Bonchev–Trinajstić information content (AvgIpc) is 3.16. The number of nitrogens with zero attached hydrogens (tertiary/aromatic N) is 1. The summed E-state index contributed by atoms with van der Waals surface area (Å²) in [6.07, 6.45) is 0. The van der Waals surface area contributed by atoms with Gasteiger partial charge >= 0.3 is 7.75 Å². The van der Waals surface area contributed by atoms with Gasteiger partial charge in [0.25, 0.3) is 5.91 Å². The molecule has 0 radical (unpaired) electrons. The molecule has 0 saturated carbocycles. The van der Waals surface area contributed by atoms with E-state index >= 15 is 0 Å². The summed E-state index contributed by atoms with van der Waals surface area (Å²) < 4.78 is 12.3. The molecule has 0 fully saturated rings. The number of thiophene rings is 1. The zero-order valence-corrected chi connectivity index (χ0v) is 17.0. The van der Waals surface area contributed by atoms with Crippen LogP contribution in [0.2, 0.25) is 0 Å². The van der Waals surface area contributed by atoms with Crippen molar-refractivity contribution in [2.45, 2.75) is 6.92 Å². The van der Waals surface area contributed by atoms with Gasteiger partial charge in [0.05, 0.1) is 11.4 Å². The first-order valence-electron chi connectivity index (χ1n) is 8.32. The molecule has 1 heterocycles. The summed E-state index contributed by atoms with van der Waals surface area (Å²) in [4.78, 5) is 32.4. The number of nitrogens with one attached hydrogen (secondary N) is 1. The molecule has 3 rings (SSSR count). The normalized spacial score (nSPS) is 11.3. The number of hydrogen-bond donors (Lipinski definition) is 4. The Bertz CT molecular complexity index is 1060. The smallest absolute Gasteiger partial charge is 0.397 e. The van der Waals surface area contributed by atoms with Gasteiger partial charge in [0, 0.05) is 23.2 Å². The van der Waals surface area contributed by atoms with Crippen molar-refractivity contribution in [1.29, 1.82) is 0 Å². The molecule has 0 aliphatic rings. The number of rotatable bonds is 5. The van der Waals surface area contributed by atoms with Crippen LogP contribution in [0.15, 0.2) is 53.9 Å². The number of aryl methyl sites for hydroxylation is 1. The van der Waals surface area contributed by atoms with E-state index in [1.54, 1.807) is 30.4 Å². The largest absolute Gasteiger partial charge is 0.429 e. The molecule has 0 saturated heterocycles. The fraction of sp³-hybridized carbons (Fsp3) is 0.105. The number of carbonyl (C=O) groups excluding carboxylic acids is 1. The first-order chi connectivity index (χ1) is 13.2. The number of benzene rings is 2. The Hall–Kier alpha value is -2.64. The molecule has 2 aromatic carbocycles. The van der Waals surface area contributed by atoms with Crippen LogP contribution in [-0.2, 0) is 4.57 Å². The Morgan fingerprint density at radius 1 is 1.18 bits per heavy atom. The predicted octanol–water partition coefficient (Wildman–Crippen LogP) is 4.09. The zero-order chi connectivity index (χ0) is 20.5. The summed E-state index contributed by atoms with van der Waals surface area (Å²) in [6.45, 7) is 1.68. The highest BCUT2D eigenvalue weighted by Crippen LogP contribution is 2.43. The van der Waals surface area contributed by atoms with E-state index < -0.39 is 7.75 Å². The van der Waals surface area contributed by atoms with Crippen molar-refractivity contribution in [1.82, 2.24) is 0 Å². The van der Waals surface area contributed by atoms with E-state index in [2.05, 4.69) is 5.32 Å². The molecule has 3 aromatic rings. The van der Waals surface area contributed by atoms with Gasteiger partial charge in [0.1, 0.15) is 0 Å². The van der Waals surface area contributed by atoms with E-state index in [9.17, 15) is 19.1 Å². The second kappa shape index (κ2) is 7.77. The lowest BCUT2D eigenvalue weighted by molar-refractivity contribution is 0.102. The van der Waals surface area contributed by atoms with E-state index in [4.69, 9.17) is 5.73 Å². The number of nitrogens with two attached hydrogens (primary N) is 1. The van der Waals surface area contributed by atoms with Crippen molar-refractivity contribution in [3.05, 3.63) is 65.0 Å². The summed E-state index contributed by atoms with van der Waals surface area (Å²) in [5.74, 6) is -0.358. The minimum absolute atomic E-state index is 0.351. The van der Waals surface area contributed by atoms with Crippen molar-refractivity contribution in [3.63, 3.8) is 0 Å². The van der Waals surface area contributed by atoms with Gasteiger partial charge in [-0.25, -0.2) is 4.57 Å². The molecular formula is C19H20N3O4PS. The van der Waals surface area contributed by atoms with Crippen LogP contribution in [0.5, 0.6) is 0 Å². The Labute approximate surface area is 166 Å². The summed E-state index contributed by atoms with van der Waals surface area (Å²) in [5.41, 5.74) is 9.19. The summed E-state index contributed by atoms with van der Waals surface area (Å²) in [5, 5.41) is 4.78. The van der Waals surface area contributed by atoms with Crippen molar-refractivity contribution in [3.8, 4) is 10.4 Å². The Morgan fingerprint density at radius 2 is 1.93 bits per heavy atom. The highest BCUT2D eigenvalue weighted by atomic mass is 32.1. The van der Waals surface area contributed by atoms with Crippen LogP contribution in [0, 0.1) is 6.92 Å². The number of hydrogen-bond acceptors (Lipinski definition) is 4. The molecule has 0 aliphatic carbocycles. The number of nitrogen functional groups attached to an aromatic ring is 1. The van der Waals surface area contributed by atoms with E-state index in [0.717, 1.165) is 15.1 Å². The second-order valence-corrected chi connectivity index (χ2v) is 8.85. The molecule has 0 spiro atoms. The van der Waals surface area contributed by atoms with Gasteiger partial charge in [-0.15, -0.1) is 11.3 Å². The molecule has 28 heavy (non-hydrogen) atoms. The number of amides is 1. The molecule has 0 unspecified atom stereocenters. The molecule has 9 heteroatoms. The van der Waals surface area contributed by atoms with Crippen molar-refractivity contribution in [2.24, 2.45) is 0 Å². The summed E-state index contributed by atoms with van der Waals surface area (Å²) in [6, 6.07) is 14.0. The van der Waals surface area contributed by atoms with Crippen LogP contribution < -0.4 is 15.7 Å². The third-order valence-electron chi connectivity index (χ3n) is 4.31. The van der Waals surface area contributed by atoms with Gasteiger partial charge < -0.3 is 20.8 Å². The molecule has 5 N–H and O–H groups in total. The molecule has 0 bridgehead atoms. The third kappa shape index (κ3) is 4.26. The van der Waals surface area contributed by atoms with E-state index in [-0.39, 0.29) is 5.91 Å². The summed E-state index contributed by atoms with van der Waals surface area (Å²) >= 11 is 1.59. The third-order valence-corrected chi connectivity index (χ3v) is 6.22. The standard InChI is InChI=1S/C19H20N3O4PS/c1-12-10-14(6-8-17(12)22(2)27(24,25)26)19(23)21-16-11-13(5-7-15(16)20)18-4-3-9-28-18/h3-11H,20H2,1-2H3,(H,21,23)(H2,24,25,26). The topological polar surface area (TPSA) is 116 Å². The lowest BCUT2D eigenvalue weighted by Crippen LogP contribution is -2.16. The minimum Gasteiger partial charge on any atom is -0.397 e. The fourth-order valence-corrected chi connectivity index (χ4v) is 3.98. The van der Waals surface area contributed by atoms with Crippen molar-refractivity contribution in [2.75, 3.05) is 22.8 Å². The van der Waals surface area contributed by atoms with Gasteiger partial charge in [-0.2, -0.15) is 0 Å². The maximum atomic E-state index is 12.7. The van der Waals surface area contributed by atoms with E-state index in [0.29, 0.717) is 28.2 Å². The quantitative estimate of drug-likeness (QED) is 0.367. The Morgan fingerprint density at radius 3 is 2.54 bits per heavy atom. The van der Waals surface area contributed by atoms with Crippen LogP contribution in [0.4, 0.5) is 17.1 Å². The van der Waals surface area contributed by atoms with E-state index in [1.165, 1.54) is 19.2 Å². The number of carbonyl (C=O) groups is 1. The fourth-order valence-electron chi connectivity index (χ4n) is 2.76. The van der Waals surface area contributed by atoms with E-state index in [1.807, 2.05) is 29.6 Å². The first kappa shape index (κ1) is 20.1. The molecule has 7 nitrogen and oxygen atoms in total. The average molecular weight is 417 g/mol. The van der Waals surface area contributed by atoms with Gasteiger partial charge in [0.15, 0.2) is 0 Å². The lowest BCUT2D eigenvalue weighted by atomic mass is 10.1. The molecular weight excluding hydrogens is 397 g/mol. The molecule has 146 valence electrons. The van der Waals surface area contributed by atoms with Crippen LogP contribution in [0.25, 0.3) is 10.4 Å². The molecule has 0 aliphatic heterocycles. The molecule has 0 atom stereocenters. The maximum absolute atomic E-state index is 12.7. The second-order valence-electron chi connectivity index (χ2n) is 6.27. The van der Waals surface area contributed by atoms with Gasteiger partial charge in [-0.1, -0.05) is 12.1 Å². The summed E-state index contributed by atoms with van der Waals surface area (Å²) in [7, 11) is -3.11. The van der Waals surface area contributed by atoms with Gasteiger partial charge in [-0.3, -0.25) is 9.46 Å². The minimum atomic E-state index is -4.42. The highest BCUT2D eigenvalue weighted by molar-refractivity contribution is 7.53.